The first-order valence-corrected chi connectivity index (χ1v) is 19.9. The number of aromatic nitrogens is 6. The lowest BCUT2D eigenvalue weighted by Gasteiger charge is -2.33. The van der Waals surface area contributed by atoms with Crippen LogP contribution in [0.3, 0.4) is 0 Å². The molecule has 8 aromatic carbocycles. The van der Waals surface area contributed by atoms with Gasteiger partial charge in [0, 0.05) is 16.8 Å². The van der Waals surface area contributed by atoms with Crippen LogP contribution >= 0.6 is 0 Å². The average Bonchev–Trinajstić information content (AvgIpc) is 4.09. The van der Waals surface area contributed by atoms with E-state index in [0.717, 1.165) is 90.2 Å². The van der Waals surface area contributed by atoms with Gasteiger partial charge in [-0.25, -0.2) is 15.0 Å². The third-order valence-electron chi connectivity index (χ3n) is 11.4. The van der Waals surface area contributed by atoms with Gasteiger partial charge >= 0.3 is 0 Å². The van der Waals surface area contributed by atoms with Crippen molar-refractivity contribution < 1.29 is 9.15 Å². The molecule has 0 aliphatic carbocycles. The number of para-hydroxylation sites is 9. The van der Waals surface area contributed by atoms with Crippen molar-refractivity contribution >= 4 is 67.0 Å². The maximum Gasteiger partial charge on any atom is 0.227 e. The zero-order valence-electron chi connectivity index (χ0n) is 31.8. The molecule has 0 saturated heterocycles. The van der Waals surface area contributed by atoms with E-state index in [0.29, 0.717) is 22.5 Å². The van der Waals surface area contributed by atoms with Gasteiger partial charge in [-0.1, -0.05) is 115 Å². The number of fused-ring (bicyclic) bond motifs is 9. The lowest BCUT2D eigenvalue weighted by Crippen LogP contribution is -2.17. The Labute approximate surface area is 342 Å². The molecule has 4 aromatic heterocycles. The van der Waals surface area contributed by atoms with E-state index in [1.807, 2.05) is 84.9 Å². The third-order valence-corrected chi connectivity index (χ3v) is 11.4. The Bertz CT molecular complexity index is 3600. The number of benzene rings is 8. The number of rotatable bonds is 5. The van der Waals surface area contributed by atoms with Gasteiger partial charge in [0.05, 0.1) is 33.4 Å². The average molecular weight is 774 g/mol. The Hall–Kier alpha value is -8.43. The van der Waals surface area contributed by atoms with Gasteiger partial charge in [0.2, 0.25) is 11.7 Å². The van der Waals surface area contributed by atoms with E-state index in [-0.39, 0.29) is 0 Å². The minimum absolute atomic E-state index is 0.492. The predicted octanol–water partition coefficient (Wildman–Crippen LogP) is 12.8. The fourth-order valence-corrected chi connectivity index (χ4v) is 8.91. The summed E-state index contributed by atoms with van der Waals surface area (Å²) in [6.45, 7) is 0. The molecule has 0 amide bonds. The molecule has 0 fully saturated rings. The molecule has 0 spiro atoms. The van der Waals surface area contributed by atoms with E-state index in [4.69, 9.17) is 24.1 Å². The van der Waals surface area contributed by atoms with Crippen molar-refractivity contribution in [3.8, 4) is 45.7 Å². The highest BCUT2D eigenvalue weighted by Gasteiger charge is 2.36. The predicted molar refractivity (Wildman–Crippen MR) is 237 cm³/mol. The van der Waals surface area contributed by atoms with E-state index in [9.17, 15) is 0 Å². The Morgan fingerprint density at radius 2 is 1.02 bits per heavy atom. The molecule has 9 heteroatoms. The standard InChI is InChI=1S/C51H31N7O2/c1-4-18-32(19-5-1)49-53-43-45(55(49)34-22-8-3-9-23-34)46(56-39-28-14-16-30-41(39)59-42-31-17-15-29-40(42)56)44-48(60-50(54-44)33-20-6-2-7-21-33)47(43)58-38-27-13-12-26-37(38)57-36-25-11-10-24-35(36)52-51(57)58/h1-31H. The van der Waals surface area contributed by atoms with Crippen molar-refractivity contribution in [1.29, 1.82) is 0 Å². The van der Waals surface area contributed by atoms with Crippen LogP contribution in [0.25, 0.3) is 84.2 Å². The monoisotopic (exact) mass is 773 g/mol. The largest absolute Gasteiger partial charge is 0.453 e. The molecule has 0 atom stereocenters. The summed E-state index contributed by atoms with van der Waals surface area (Å²) in [6.07, 6.45) is 0. The SMILES string of the molecule is c1ccc(-c2nc3c(N4c5ccccc5Oc5ccccc54)c4c(nc(-c5ccccc5)n4-c4ccccc4)c(-n4c5ccccc5n5c6ccccc6nc45)c3o2)cc1. The summed E-state index contributed by atoms with van der Waals surface area (Å²) in [5, 5.41) is 0. The summed E-state index contributed by atoms with van der Waals surface area (Å²) in [7, 11) is 0. The molecule has 0 N–H and O–H groups in total. The fourth-order valence-electron chi connectivity index (χ4n) is 8.91. The zero-order chi connectivity index (χ0) is 39.3. The van der Waals surface area contributed by atoms with Crippen molar-refractivity contribution in [3.63, 3.8) is 0 Å². The second-order valence-electron chi connectivity index (χ2n) is 14.9. The highest BCUT2D eigenvalue weighted by atomic mass is 16.5. The molecule has 13 rings (SSSR count). The van der Waals surface area contributed by atoms with Gasteiger partial charge < -0.3 is 9.15 Å². The first kappa shape index (κ1) is 32.6. The van der Waals surface area contributed by atoms with Crippen LogP contribution in [0.15, 0.2) is 192 Å². The van der Waals surface area contributed by atoms with Crippen molar-refractivity contribution in [3.05, 3.63) is 188 Å². The molecule has 0 bridgehead atoms. The lowest BCUT2D eigenvalue weighted by molar-refractivity contribution is 0.477. The third kappa shape index (κ3) is 4.59. The highest BCUT2D eigenvalue weighted by Crippen LogP contribution is 2.55. The summed E-state index contributed by atoms with van der Waals surface area (Å²) in [5.74, 6) is 3.45. The van der Waals surface area contributed by atoms with Crippen LogP contribution < -0.4 is 9.64 Å². The molecule has 1 aliphatic rings. The number of hydrogen-bond acceptors (Lipinski definition) is 6. The fraction of sp³-hybridized carbons (Fsp3) is 0. The van der Waals surface area contributed by atoms with Crippen LogP contribution in [0.2, 0.25) is 0 Å². The molecular weight excluding hydrogens is 743 g/mol. The van der Waals surface area contributed by atoms with E-state index in [1.165, 1.54) is 0 Å². The quantitative estimate of drug-likeness (QED) is 0.173. The Morgan fingerprint density at radius 3 is 1.73 bits per heavy atom. The first-order valence-electron chi connectivity index (χ1n) is 19.9. The number of nitrogens with zero attached hydrogens (tertiary/aromatic N) is 7. The van der Waals surface area contributed by atoms with Crippen LogP contribution in [-0.4, -0.2) is 28.5 Å². The first-order chi connectivity index (χ1) is 29.8. The van der Waals surface area contributed by atoms with Gasteiger partial charge in [0.15, 0.2) is 17.1 Å². The van der Waals surface area contributed by atoms with Gasteiger partial charge in [-0.2, -0.15) is 0 Å². The minimum Gasteiger partial charge on any atom is -0.453 e. The number of ether oxygens (including phenoxy) is 1. The molecule has 0 unspecified atom stereocenters. The van der Waals surface area contributed by atoms with Gasteiger partial charge in [-0.15, -0.1) is 0 Å². The molecule has 12 aromatic rings. The van der Waals surface area contributed by atoms with Crippen LogP contribution in [0.4, 0.5) is 17.1 Å². The summed E-state index contributed by atoms with van der Waals surface area (Å²) in [6, 6.07) is 63.9. The van der Waals surface area contributed by atoms with Crippen molar-refractivity contribution in [2.24, 2.45) is 0 Å². The van der Waals surface area contributed by atoms with Crippen LogP contribution in [0.5, 0.6) is 11.5 Å². The van der Waals surface area contributed by atoms with Gasteiger partial charge in [0.1, 0.15) is 33.7 Å². The molecule has 9 nitrogen and oxygen atoms in total. The summed E-state index contributed by atoms with van der Waals surface area (Å²) < 4.78 is 20.5. The molecule has 0 saturated carbocycles. The molecule has 60 heavy (non-hydrogen) atoms. The number of imidazole rings is 3. The second kappa shape index (κ2) is 12.5. The van der Waals surface area contributed by atoms with E-state index < -0.39 is 0 Å². The van der Waals surface area contributed by atoms with E-state index >= 15 is 0 Å². The second-order valence-corrected chi connectivity index (χ2v) is 14.9. The van der Waals surface area contributed by atoms with Crippen LogP contribution in [0, 0.1) is 0 Å². The summed E-state index contributed by atoms with van der Waals surface area (Å²) >= 11 is 0. The van der Waals surface area contributed by atoms with Crippen LogP contribution in [-0.2, 0) is 0 Å². The molecule has 1 aliphatic heterocycles. The van der Waals surface area contributed by atoms with Crippen molar-refractivity contribution in [1.82, 2.24) is 28.5 Å². The van der Waals surface area contributed by atoms with E-state index in [1.54, 1.807) is 0 Å². The Balaban J connectivity index is 1.30. The molecule has 282 valence electrons. The van der Waals surface area contributed by atoms with Crippen molar-refractivity contribution in [2.75, 3.05) is 4.90 Å². The van der Waals surface area contributed by atoms with Crippen molar-refractivity contribution in [2.45, 2.75) is 0 Å². The van der Waals surface area contributed by atoms with Crippen LogP contribution in [0.1, 0.15) is 0 Å². The normalized spacial score (nSPS) is 12.4. The van der Waals surface area contributed by atoms with E-state index in [2.05, 4.69) is 122 Å². The zero-order valence-corrected chi connectivity index (χ0v) is 31.8. The number of hydrogen-bond donors (Lipinski definition) is 0. The Kier molecular flexibility index (Phi) is 6.82. The maximum absolute atomic E-state index is 7.18. The topological polar surface area (TPSA) is 78.5 Å². The highest BCUT2D eigenvalue weighted by molar-refractivity contribution is 6.18. The number of oxazole rings is 1. The smallest absolute Gasteiger partial charge is 0.227 e. The van der Waals surface area contributed by atoms with Gasteiger partial charge in [-0.05, 0) is 72.8 Å². The summed E-state index contributed by atoms with van der Waals surface area (Å²) in [5.41, 5.74) is 12.7. The maximum atomic E-state index is 7.18. The molecule has 0 radical (unpaired) electrons. The molecular formula is C51H31N7O2. The van der Waals surface area contributed by atoms with Gasteiger partial charge in [-0.3, -0.25) is 18.4 Å². The lowest BCUT2D eigenvalue weighted by atomic mass is 10.1. The number of anilines is 3. The summed E-state index contributed by atoms with van der Waals surface area (Å²) in [4.78, 5) is 18.8. The van der Waals surface area contributed by atoms with Gasteiger partial charge in [0.25, 0.3) is 0 Å². The minimum atomic E-state index is 0.492. The molecule has 5 heterocycles. The Morgan fingerprint density at radius 1 is 0.433 bits per heavy atom.